The lowest BCUT2D eigenvalue weighted by atomic mass is 10.2. The largest absolute Gasteiger partial charge is 0.477 e. The lowest BCUT2D eigenvalue weighted by molar-refractivity contribution is 0.0700. The molecule has 1 N–H and O–H groups in total. The van der Waals surface area contributed by atoms with Crippen molar-refractivity contribution in [3.8, 4) is 0 Å². The topological polar surface area (TPSA) is 56.7 Å². The zero-order valence-electron chi connectivity index (χ0n) is 11.7. The van der Waals surface area contributed by atoms with E-state index in [4.69, 9.17) is 0 Å². The van der Waals surface area contributed by atoms with Crippen molar-refractivity contribution < 1.29 is 9.90 Å². The van der Waals surface area contributed by atoms with Crippen LogP contribution in [0.25, 0.3) is 0 Å². The van der Waals surface area contributed by atoms with Crippen LogP contribution in [0.4, 0.5) is 0 Å². The Bertz CT molecular complexity index is 461. The number of likely N-dealkylation sites (N-methyl/N-ethyl adjacent to an activating group) is 2. The number of aromatic carboxylic acids is 1. The van der Waals surface area contributed by atoms with Crippen LogP contribution in [0.3, 0.4) is 0 Å². The Morgan fingerprint density at radius 3 is 2.84 bits per heavy atom. The maximum absolute atomic E-state index is 11.3. The van der Waals surface area contributed by atoms with Crippen molar-refractivity contribution in [3.05, 3.63) is 15.6 Å². The van der Waals surface area contributed by atoms with Crippen molar-refractivity contribution in [3.63, 3.8) is 0 Å². The summed E-state index contributed by atoms with van der Waals surface area (Å²) >= 11 is 1.34. The third kappa shape index (κ3) is 3.13. The van der Waals surface area contributed by atoms with Gasteiger partial charge in [-0.1, -0.05) is 13.3 Å². The van der Waals surface area contributed by atoms with E-state index in [-0.39, 0.29) is 6.04 Å². The van der Waals surface area contributed by atoms with E-state index in [9.17, 15) is 9.90 Å². The molecular formula is C13H21N3O2S. The predicted molar refractivity (Wildman–Crippen MR) is 75.9 cm³/mol. The second kappa shape index (κ2) is 5.98. The Morgan fingerprint density at radius 1 is 1.47 bits per heavy atom. The first-order valence-electron chi connectivity index (χ1n) is 6.64. The number of rotatable bonds is 4. The second-order valence-corrected chi connectivity index (χ2v) is 6.17. The smallest absolute Gasteiger partial charge is 0.347 e. The molecule has 1 aliphatic rings. The van der Waals surface area contributed by atoms with Crippen LogP contribution in [0, 0.1) is 0 Å². The molecule has 0 bridgehead atoms. The number of nitrogens with zero attached hydrogens (tertiary/aromatic N) is 3. The van der Waals surface area contributed by atoms with E-state index in [0.29, 0.717) is 4.88 Å². The van der Waals surface area contributed by atoms with E-state index < -0.39 is 5.97 Å². The fourth-order valence-electron chi connectivity index (χ4n) is 2.36. The maximum atomic E-state index is 11.3. The Kier molecular flexibility index (Phi) is 4.54. The Morgan fingerprint density at radius 2 is 2.21 bits per heavy atom. The normalized spacial score (nSPS) is 21.7. The number of aryl methyl sites for hydroxylation is 1. The summed E-state index contributed by atoms with van der Waals surface area (Å²) < 4.78 is 0. The van der Waals surface area contributed by atoms with Gasteiger partial charge < -0.3 is 10.0 Å². The van der Waals surface area contributed by atoms with Crippen LogP contribution in [0.2, 0.25) is 0 Å². The molecule has 1 unspecified atom stereocenters. The summed E-state index contributed by atoms with van der Waals surface area (Å²) in [5, 5.41) is 10.2. The molecule has 0 aromatic carbocycles. The van der Waals surface area contributed by atoms with Crippen molar-refractivity contribution in [2.24, 2.45) is 0 Å². The molecule has 0 radical (unpaired) electrons. The van der Waals surface area contributed by atoms with Gasteiger partial charge >= 0.3 is 5.97 Å². The summed E-state index contributed by atoms with van der Waals surface area (Å²) in [4.78, 5) is 20.8. The summed E-state index contributed by atoms with van der Waals surface area (Å²) in [6.45, 7) is 5.00. The first kappa shape index (κ1) is 14.4. The van der Waals surface area contributed by atoms with E-state index in [1.807, 2.05) is 6.92 Å². The molecule has 0 saturated carbocycles. The summed E-state index contributed by atoms with van der Waals surface area (Å²) in [6.07, 6.45) is 1.66. The molecule has 1 fully saturated rings. The summed E-state index contributed by atoms with van der Waals surface area (Å²) in [5.74, 6) is -0.848. The van der Waals surface area contributed by atoms with Gasteiger partial charge in [-0.15, -0.1) is 11.3 Å². The van der Waals surface area contributed by atoms with Gasteiger partial charge in [0.05, 0.1) is 11.7 Å². The third-order valence-electron chi connectivity index (χ3n) is 3.53. The molecule has 2 rings (SSSR count). The number of hydrogen-bond donors (Lipinski definition) is 1. The molecule has 1 saturated heterocycles. The Labute approximate surface area is 117 Å². The Hall–Kier alpha value is -0.980. The number of carboxylic acids is 1. The van der Waals surface area contributed by atoms with Gasteiger partial charge in [0.25, 0.3) is 0 Å². The van der Waals surface area contributed by atoms with Crippen LogP contribution in [0.15, 0.2) is 0 Å². The number of hydrogen-bond acceptors (Lipinski definition) is 5. The lowest BCUT2D eigenvalue weighted by Gasteiger charge is -2.36. The lowest BCUT2D eigenvalue weighted by Crippen LogP contribution is -2.44. The first-order chi connectivity index (χ1) is 9.02. The predicted octanol–water partition coefficient (Wildman–Crippen LogP) is 1.71. The highest BCUT2D eigenvalue weighted by molar-refractivity contribution is 7.13. The molecule has 0 spiro atoms. The number of piperazine rings is 1. The highest BCUT2D eigenvalue weighted by Gasteiger charge is 2.28. The number of thiazole rings is 1. The van der Waals surface area contributed by atoms with Crippen LogP contribution >= 0.6 is 11.3 Å². The highest BCUT2D eigenvalue weighted by Crippen LogP contribution is 2.30. The molecule has 1 aromatic rings. The van der Waals surface area contributed by atoms with E-state index in [2.05, 4.69) is 28.9 Å². The molecule has 19 heavy (non-hydrogen) atoms. The van der Waals surface area contributed by atoms with Crippen LogP contribution in [-0.4, -0.2) is 59.6 Å². The molecule has 1 aliphatic heterocycles. The number of aromatic nitrogens is 1. The van der Waals surface area contributed by atoms with E-state index >= 15 is 0 Å². The summed E-state index contributed by atoms with van der Waals surface area (Å²) in [7, 11) is 4.18. The second-order valence-electron chi connectivity index (χ2n) is 5.14. The molecule has 0 amide bonds. The molecule has 1 aromatic heterocycles. The van der Waals surface area contributed by atoms with Gasteiger partial charge in [0.1, 0.15) is 9.88 Å². The fraction of sp³-hybridized carbons (Fsp3) is 0.692. The average Bonchev–Trinajstić information content (AvgIpc) is 2.77. The van der Waals surface area contributed by atoms with Crippen LogP contribution in [-0.2, 0) is 6.42 Å². The first-order valence-corrected chi connectivity index (χ1v) is 7.46. The van der Waals surface area contributed by atoms with Crippen molar-refractivity contribution in [2.45, 2.75) is 25.8 Å². The number of carboxylic acid groups (broad SMARTS) is 1. The van der Waals surface area contributed by atoms with Gasteiger partial charge in [-0.2, -0.15) is 0 Å². The van der Waals surface area contributed by atoms with Gasteiger partial charge in [0.15, 0.2) is 0 Å². The SMILES string of the molecule is CCCc1nc(C2CN(C)CCN2C)sc1C(=O)O. The van der Waals surface area contributed by atoms with Crippen LogP contribution in [0.1, 0.15) is 39.8 Å². The zero-order valence-corrected chi connectivity index (χ0v) is 12.5. The van der Waals surface area contributed by atoms with E-state index in [1.54, 1.807) is 0 Å². The molecule has 2 heterocycles. The molecule has 1 atom stereocenters. The van der Waals surface area contributed by atoms with Crippen molar-refractivity contribution in [1.82, 2.24) is 14.8 Å². The van der Waals surface area contributed by atoms with Gasteiger partial charge in [0, 0.05) is 19.6 Å². The van der Waals surface area contributed by atoms with Crippen LogP contribution < -0.4 is 0 Å². The average molecular weight is 283 g/mol. The van der Waals surface area contributed by atoms with Crippen molar-refractivity contribution in [2.75, 3.05) is 33.7 Å². The van der Waals surface area contributed by atoms with Gasteiger partial charge in [0.2, 0.25) is 0 Å². The van der Waals surface area contributed by atoms with Gasteiger partial charge in [-0.25, -0.2) is 9.78 Å². The third-order valence-corrected chi connectivity index (χ3v) is 4.72. The quantitative estimate of drug-likeness (QED) is 0.911. The molecule has 5 nitrogen and oxygen atoms in total. The molecular weight excluding hydrogens is 262 g/mol. The molecule has 0 aliphatic carbocycles. The number of carbonyl (C=O) groups is 1. The minimum Gasteiger partial charge on any atom is -0.477 e. The van der Waals surface area contributed by atoms with E-state index in [0.717, 1.165) is 43.2 Å². The zero-order chi connectivity index (χ0) is 14.0. The summed E-state index contributed by atoms with van der Waals surface area (Å²) in [6, 6.07) is 0.215. The van der Waals surface area contributed by atoms with Gasteiger partial charge in [-0.3, -0.25) is 4.90 Å². The van der Waals surface area contributed by atoms with Gasteiger partial charge in [-0.05, 0) is 20.5 Å². The highest BCUT2D eigenvalue weighted by atomic mass is 32.1. The maximum Gasteiger partial charge on any atom is 0.347 e. The monoisotopic (exact) mass is 283 g/mol. The fourth-order valence-corrected chi connectivity index (χ4v) is 3.47. The van der Waals surface area contributed by atoms with Crippen molar-refractivity contribution in [1.29, 1.82) is 0 Å². The standard InChI is InChI=1S/C13H21N3O2S/c1-4-5-9-11(13(17)18)19-12(14-9)10-8-15(2)6-7-16(10)3/h10H,4-8H2,1-3H3,(H,17,18). The van der Waals surface area contributed by atoms with Crippen LogP contribution in [0.5, 0.6) is 0 Å². The molecule has 106 valence electrons. The van der Waals surface area contributed by atoms with Crippen molar-refractivity contribution >= 4 is 17.3 Å². The molecule has 6 heteroatoms. The minimum atomic E-state index is -0.848. The van der Waals surface area contributed by atoms with E-state index in [1.165, 1.54) is 11.3 Å². The Balaban J connectivity index is 2.28. The summed E-state index contributed by atoms with van der Waals surface area (Å²) in [5.41, 5.74) is 0.747. The minimum absolute atomic E-state index is 0.215.